The molecule has 11 heteroatoms. The van der Waals surface area contributed by atoms with Crippen LogP contribution in [-0.2, 0) is 0 Å². The van der Waals surface area contributed by atoms with E-state index >= 15 is 0 Å². The number of halogens is 4. The van der Waals surface area contributed by atoms with Gasteiger partial charge >= 0.3 is 6.36 Å². The summed E-state index contributed by atoms with van der Waals surface area (Å²) in [4.78, 5) is 22.3. The summed E-state index contributed by atoms with van der Waals surface area (Å²) < 4.78 is 41.0. The van der Waals surface area contributed by atoms with E-state index in [4.69, 9.17) is 5.73 Å². The predicted molar refractivity (Wildman–Crippen MR) is 109 cm³/mol. The zero-order valence-electron chi connectivity index (χ0n) is 15.1. The van der Waals surface area contributed by atoms with Crippen LogP contribution >= 0.6 is 12.4 Å². The molecular formula is C19H15ClF3N5O2. The molecule has 4 aromatic rings. The van der Waals surface area contributed by atoms with Gasteiger partial charge < -0.3 is 25.8 Å². The van der Waals surface area contributed by atoms with Crippen molar-refractivity contribution < 1.29 is 22.7 Å². The lowest BCUT2D eigenvalue weighted by molar-refractivity contribution is -0.274. The van der Waals surface area contributed by atoms with Crippen molar-refractivity contribution in [1.29, 1.82) is 0 Å². The summed E-state index contributed by atoms with van der Waals surface area (Å²) in [6, 6.07) is 12.3. The number of carbonyl (C=O) groups is 1. The fraction of sp³-hybridized carbons (Fsp3) is 0.0526. The molecule has 0 aliphatic heterocycles. The molecule has 0 fully saturated rings. The molecule has 0 radical (unpaired) electrons. The van der Waals surface area contributed by atoms with Gasteiger partial charge in [-0.3, -0.25) is 4.79 Å². The van der Waals surface area contributed by atoms with E-state index < -0.39 is 12.3 Å². The lowest BCUT2D eigenvalue weighted by atomic mass is 10.1. The molecule has 5 N–H and O–H groups in total. The molecular weight excluding hydrogens is 423 g/mol. The molecule has 30 heavy (non-hydrogen) atoms. The summed E-state index contributed by atoms with van der Waals surface area (Å²) in [5, 5.41) is 3.16. The van der Waals surface area contributed by atoms with Gasteiger partial charge in [0.25, 0.3) is 5.91 Å². The minimum absolute atomic E-state index is 0. The van der Waals surface area contributed by atoms with Crippen molar-refractivity contribution in [2.24, 2.45) is 0 Å². The molecule has 0 bridgehead atoms. The molecule has 1 amide bonds. The van der Waals surface area contributed by atoms with E-state index in [1.807, 2.05) is 6.07 Å². The third kappa shape index (κ3) is 4.66. The van der Waals surface area contributed by atoms with Gasteiger partial charge in [-0.1, -0.05) is 12.1 Å². The highest BCUT2D eigenvalue weighted by atomic mass is 35.5. The van der Waals surface area contributed by atoms with Crippen molar-refractivity contribution in [3.05, 3.63) is 60.4 Å². The van der Waals surface area contributed by atoms with E-state index in [1.165, 1.54) is 24.3 Å². The van der Waals surface area contributed by atoms with E-state index in [2.05, 4.69) is 25.0 Å². The van der Waals surface area contributed by atoms with Crippen molar-refractivity contribution in [2.45, 2.75) is 6.36 Å². The number of rotatable bonds is 4. The summed E-state index contributed by atoms with van der Waals surface area (Å²) in [7, 11) is 0. The van der Waals surface area contributed by atoms with Crippen molar-refractivity contribution in [2.75, 3.05) is 11.1 Å². The third-order valence-electron chi connectivity index (χ3n) is 4.10. The Hall–Kier alpha value is -3.66. The lowest BCUT2D eigenvalue weighted by Crippen LogP contribution is -2.16. The fourth-order valence-electron chi connectivity index (χ4n) is 2.88. The maximum atomic E-state index is 12.6. The second-order valence-corrected chi connectivity index (χ2v) is 6.20. The van der Waals surface area contributed by atoms with Crippen molar-refractivity contribution in [3.8, 4) is 17.0 Å². The molecule has 0 aliphatic rings. The molecule has 0 atom stereocenters. The van der Waals surface area contributed by atoms with Crippen molar-refractivity contribution >= 4 is 40.9 Å². The number of imidazole rings is 1. The molecule has 0 saturated heterocycles. The van der Waals surface area contributed by atoms with Gasteiger partial charge in [0.1, 0.15) is 11.4 Å². The van der Waals surface area contributed by atoms with E-state index in [0.717, 1.165) is 5.56 Å². The van der Waals surface area contributed by atoms with Crippen LogP contribution in [0.2, 0.25) is 0 Å². The van der Waals surface area contributed by atoms with E-state index in [1.54, 1.807) is 24.4 Å². The number of alkyl halides is 3. The van der Waals surface area contributed by atoms with Crippen LogP contribution in [0.15, 0.2) is 54.7 Å². The summed E-state index contributed by atoms with van der Waals surface area (Å²) in [5.41, 5.74) is 8.28. The number of amides is 1. The number of ether oxygens (including phenoxy) is 1. The zero-order chi connectivity index (χ0) is 20.6. The number of fused-ring (bicyclic) bond motifs is 1. The molecule has 0 spiro atoms. The van der Waals surface area contributed by atoms with Gasteiger partial charge in [-0.05, 0) is 36.4 Å². The second kappa shape index (κ2) is 7.99. The van der Waals surface area contributed by atoms with Crippen LogP contribution in [0.25, 0.3) is 22.2 Å². The number of nitrogens with one attached hydrogen (secondary N) is 3. The number of benzene rings is 2. The van der Waals surface area contributed by atoms with Gasteiger partial charge in [-0.25, -0.2) is 4.98 Å². The van der Waals surface area contributed by atoms with Crippen LogP contribution in [0.3, 0.4) is 0 Å². The lowest BCUT2D eigenvalue weighted by Gasteiger charge is -2.08. The number of carbonyl (C=O) groups excluding carboxylic acids is 1. The van der Waals surface area contributed by atoms with Gasteiger partial charge in [0.15, 0.2) is 5.95 Å². The number of anilines is 2. The summed E-state index contributed by atoms with van der Waals surface area (Å²) in [6.07, 6.45) is -3.21. The minimum atomic E-state index is -4.78. The smallest absolute Gasteiger partial charge is 0.406 e. The average Bonchev–Trinajstić information content (AvgIpc) is 3.26. The number of hydrogen-bond acceptors (Lipinski definition) is 4. The van der Waals surface area contributed by atoms with Crippen LogP contribution in [0.4, 0.5) is 24.8 Å². The first-order valence-corrected chi connectivity index (χ1v) is 8.38. The van der Waals surface area contributed by atoms with Gasteiger partial charge in [0.2, 0.25) is 0 Å². The summed E-state index contributed by atoms with van der Waals surface area (Å²) in [5.74, 6) is -0.523. The Bertz CT molecular complexity index is 1200. The largest absolute Gasteiger partial charge is 0.573 e. The summed E-state index contributed by atoms with van der Waals surface area (Å²) >= 11 is 0. The maximum Gasteiger partial charge on any atom is 0.573 e. The van der Waals surface area contributed by atoms with E-state index in [-0.39, 0.29) is 29.8 Å². The Balaban J connectivity index is 0.00000256. The molecule has 0 aliphatic carbocycles. The number of aromatic nitrogens is 3. The van der Waals surface area contributed by atoms with Crippen LogP contribution in [0, 0.1) is 0 Å². The third-order valence-corrected chi connectivity index (χ3v) is 4.10. The van der Waals surface area contributed by atoms with Crippen LogP contribution in [0.5, 0.6) is 5.75 Å². The Morgan fingerprint density at radius 3 is 2.60 bits per heavy atom. The van der Waals surface area contributed by atoms with Gasteiger partial charge in [-0.2, -0.15) is 0 Å². The molecule has 7 nitrogen and oxygen atoms in total. The monoisotopic (exact) mass is 437 g/mol. The first-order chi connectivity index (χ1) is 13.8. The molecule has 2 aromatic carbocycles. The van der Waals surface area contributed by atoms with Crippen molar-refractivity contribution in [1.82, 2.24) is 15.0 Å². The van der Waals surface area contributed by atoms with E-state index in [0.29, 0.717) is 22.3 Å². The van der Waals surface area contributed by atoms with E-state index in [9.17, 15) is 18.0 Å². The number of nitrogens with zero attached hydrogens (tertiary/aromatic N) is 1. The molecule has 156 valence electrons. The maximum absolute atomic E-state index is 12.6. The first-order valence-electron chi connectivity index (χ1n) is 8.38. The first kappa shape index (κ1) is 21.1. The quantitative estimate of drug-likeness (QED) is 0.370. The minimum Gasteiger partial charge on any atom is -0.406 e. The number of nitrogen functional groups attached to an aromatic ring is 1. The highest BCUT2D eigenvalue weighted by Gasteiger charge is 2.31. The molecule has 0 unspecified atom stereocenters. The van der Waals surface area contributed by atoms with Gasteiger partial charge in [-0.15, -0.1) is 25.6 Å². The normalized spacial score (nSPS) is 11.2. The molecule has 2 aromatic heterocycles. The predicted octanol–water partition coefficient (Wildman–Crippen LogP) is 4.71. The highest BCUT2D eigenvalue weighted by molar-refractivity contribution is 6.06. The van der Waals surface area contributed by atoms with Crippen LogP contribution in [-0.4, -0.2) is 27.2 Å². The standard InChI is InChI=1S/C19H14F3N5O2.ClH/c20-19(21,22)29-13-4-5-14-11(7-13)8-15(26-14)17(28)25-12-3-1-2-10(6-12)16-9-24-18(23)27-16;/h1-9,26H,(H,25,28)(H3,23,24,27);1H. The van der Waals surface area contributed by atoms with Gasteiger partial charge in [0.05, 0.1) is 11.9 Å². The number of hydrogen-bond donors (Lipinski definition) is 4. The van der Waals surface area contributed by atoms with Crippen molar-refractivity contribution in [3.63, 3.8) is 0 Å². The fourth-order valence-corrected chi connectivity index (χ4v) is 2.88. The number of nitrogens with two attached hydrogens (primary N) is 1. The molecule has 0 saturated carbocycles. The van der Waals surface area contributed by atoms with Crippen LogP contribution < -0.4 is 15.8 Å². The zero-order valence-corrected chi connectivity index (χ0v) is 15.9. The summed E-state index contributed by atoms with van der Waals surface area (Å²) in [6.45, 7) is 0. The SMILES string of the molecule is Cl.Nc1ncc(-c2cccc(NC(=O)c3cc4cc(OC(F)(F)F)ccc4[nH]3)c2)[nH]1. The molecule has 4 rings (SSSR count). The second-order valence-electron chi connectivity index (χ2n) is 6.20. The number of H-pyrrole nitrogens is 2. The highest BCUT2D eigenvalue weighted by Crippen LogP contribution is 2.27. The Kier molecular flexibility index (Phi) is 5.61. The molecule has 2 heterocycles. The Labute approximate surface area is 173 Å². The average molecular weight is 438 g/mol. The van der Waals surface area contributed by atoms with Crippen LogP contribution in [0.1, 0.15) is 10.5 Å². The Morgan fingerprint density at radius 2 is 1.90 bits per heavy atom. The number of aromatic amines is 2. The van der Waals surface area contributed by atoms with Gasteiger partial charge in [0, 0.05) is 22.2 Å². The topological polar surface area (TPSA) is 109 Å². The Morgan fingerprint density at radius 1 is 1.10 bits per heavy atom.